The van der Waals surface area contributed by atoms with Crippen LogP contribution in [-0.4, -0.2) is 50.1 Å². The van der Waals surface area contributed by atoms with Crippen molar-refractivity contribution >= 4 is 11.8 Å². The zero-order chi connectivity index (χ0) is 16.4. The summed E-state index contributed by atoms with van der Waals surface area (Å²) < 4.78 is 9.97. The maximum Gasteiger partial charge on any atom is 0.257 e. The van der Waals surface area contributed by atoms with E-state index in [-0.39, 0.29) is 11.8 Å². The van der Waals surface area contributed by atoms with Crippen LogP contribution >= 0.6 is 0 Å². The molecule has 0 saturated heterocycles. The van der Waals surface area contributed by atoms with Gasteiger partial charge in [0.2, 0.25) is 5.91 Å². The molecule has 6 nitrogen and oxygen atoms in total. The lowest BCUT2D eigenvalue weighted by atomic mass is 10.2. The van der Waals surface area contributed by atoms with Gasteiger partial charge < -0.3 is 19.4 Å². The Morgan fingerprint density at radius 1 is 1.36 bits per heavy atom. The van der Waals surface area contributed by atoms with Gasteiger partial charge >= 0.3 is 0 Å². The van der Waals surface area contributed by atoms with Gasteiger partial charge in [-0.1, -0.05) is 13.8 Å². The third-order valence-electron chi connectivity index (χ3n) is 3.15. The van der Waals surface area contributed by atoms with E-state index in [1.807, 2.05) is 13.8 Å². The van der Waals surface area contributed by atoms with Gasteiger partial charge in [-0.3, -0.25) is 9.59 Å². The Morgan fingerprint density at radius 2 is 2.14 bits per heavy atom. The van der Waals surface area contributed by atoms with Crippen molar-refractivity contribution in [3.05, 3.63) is 24.2 Å². The summed E-state index contributed by atoms with van der Waals surface area (Å²) in [5.74, 6) is 0.251. The van der Waals surface area contributed by atoms with Gasteiger partial charge in [-0.15, -0.1) is 0 Å². The molecule has 22 heavy (non-hydrogen) atoms. The first-order valence-electron chi connectivity index (χ1n) is 7.61. The molecule has 1 aromatic rings. The van der Waals surface area contributed by atoms with Crippen LogP contribution in [0.25, 0.3) is 0 Å². The fraction of sp³-hybridized carbons (Fsp3) is 0.625. The zero-order valence-electron chi connectivity index (χ0n) is 13.6. The van der Waals surface area contributed by atoms with Gasteiger partial charge in [-0.05, 0) is 18.4 Å². The highest BCUT2D eigenvalue weighted by Gasteiger charge is 2.17. The molecule has 0 aromatic carbocycles. The van der Waals surface area contributed by atoms with E-state index in [4.69, 9.17) is 9.15 Å². The first kappa shape index (κ1) is 18.2. The van der Waals surface area contributed by atoms with E-state index in [1.54, 1.807) is 18.1 Å². The Balaban J connectivity index is 2.51. The Kier molecular flexibility index (Phi) is 8.28. The number of amides is 2. The van der Waals surface area contributed by atoms with E-state index in [1.165, 1.54) is 12.5 Å². The molecule has 0 saturated carbocycles. The predicted molar refractivity (Wildman–Crippen MR) is 83.6 cm³/mol. The van der Waals surface area contributed by atoms with Crippen LogP contribution in [0.4, 0.5) is 0 Å². The molecule has 0 radical (unpaired) electrons. The first-order valence-corrected chi connectivity index (χ1v) is 7.61. The summed E-state index contributed by atoms with van der Waals surface area (Å²) in [5.41, 5.74) is 0.500. The van der Waals surface area contributed by atoms with Crippen LogP contribution in [0.3, 0.4) is 0 Å². The Labute approximate surface area is 131 Å². The minimum Gasteiger partial charge on any atom is -0.472 e. The van der Waals surface area contributed by atoms with Crippen molar-refractivity contribution in [2.24, 2.45) is 5.92 Å². The van der Waals surface area contributed by atoms with Gasteiger partial charge in [-0.2, -0.15) is 0 Å². The smallest absolute Gasteiger partial charge is 0.257 e. The molecule has 1 aromatic heterocycles. The Hall–Kier alpha value is -1.82. The lowest BCUT2D eigenvalue weighted by Crippen LogP contribution is -2.36. The Bertz CT molecular complexity index is 443. The second-order valence-corrected chi connectivity index (χ2v) is 5.60. The number of hydrogen-bond acceptors (Lipinski definition) is 4. The maximum atomic E-state index is 12.4. The minimum atomic E-state index is -0.124. The van der Waals surface area contributed by atoms with Crippen LogP contribution in [0.5, 0.6) is 0 Å². The van der Waals surface area contributed by atoms with Gasteiger partial charge in [0.25, 0.3) is 5.91 Å². The van der Waals surface area contributed by atoms with Crippen molar-refractivity contribution in [2.75, 3.05) is 33.4 Å². The lowest BCUT2D eigenvalue weighted by Gasteiger charge is -2.22. The van der Waals surface area contributed by atoms with Gasteiger partial charge in [0.15, 0.2) is 0 Å². The molecule has 0 spiro atoms. The minimum absolute atomic E-state index is 0.0366. The normalized spacial score (nSPS) is 10.7. The SMILES string of the molecule is COCCCN(CCC(=O)NCC(C)C)C(=O)c1ccoc1. The number of ether oxygens (including phenoxy) is 1. The van der Waals surface area contributed by atoms with E-state index in [0.29, 0.717) is 44.1 Å². The van der Waals surface area contributed by atoms with E-state index in [2.05, 4.69) is 5.32 Å². The number of hydrogen-bond donors (Lipinski definition) is 1. The standard InChI is InChI=1S/C16H26N2O4/c1-13(2)11-17-15(19)5-8-18(7-4-9-21-3)16(20)14-6-10-22-12-14/h6,10,12-13H,4-5,7-9,11H2,1-3H3,(H,17,19). The topological polar surface area (TPSA) is 71.8 Å². The van der Waals surface area contributed by atoms with Gasteiger partial charge in [0, 0.05) is 39.8 Å². The van der Waals surface area contributed by atoms with Crippen LogP contribution in [0, 0.1) is 5.92 Å². The molecule has 0 atom stereocenters. The summed E-state index contributed by atoms with van der Waals surface area (Å²) in [7, 11) is 1.63. The highest BCUT2D eigenvalue weighted by atomic mass is 16.5. The van der Waals surface area contributed by atoms with Gasteiger partial charge in [-0.25, -0.2) is 0 Å². The molecule has 1 N–H and O–H groups in total. The Morgan fingerprint density at radius 3 is 2.73 bits per heavy atom. The molecular weight excluding hydrogens is 284 g/mol. The molecule has 124 valence electrons. The molecule has 0 unspecified atom stereocenters. The molecule has 2 amide bonds. The van der Waals surface area contributed by atoms with Crippen molar-refractivity contribution in [1.29, 1.82) is 0 Å². The molecular formula is C16H26N2O4. The zero-order valence-corrected chi connectivity index (χ0v) is 13.6. The van der Waals surface area contributed by atoms with Crippen molar-refractivity contribution in [1.82, 2.24) is 10.2 Å². The number of carbonyl (C=O) groups is 2. The van der Waals surface area contributed by atoms with Crippen LogP contribution in [-0.2, 0) is 9.53 Å². The first-order chi connectivity index (χ1) is 10.5. The van der Waals surface area contributed by atoms with Crippen molar-refractivity contribution in [3.8, 4) is 0 Å². The third-order valence-corrected chi connectivity index (χ3v) is 3.15. The molecule has 0 aliphatic carbocycles. The van der Waals surface area contributed by atoms with E-state index in [9.17, 15) is 9.59 Å². The second kappa shape index (κ2) is 10.00. The van der Waals surface area contributed by atoms with E-state index < -0.39 is 0 Å². The summed E-state index contributed by atoms with van der Waals surface area (Å²) in [4.78, 5) is 25.8. The van der Waals surface area contributed by atoms with Crippen molar-refractivity contribution < 1.29 is 18.7 Å². The highest BCUT2D eigenvalue weighted by molar-refractivity contribution is 5.94. The molecule has 0 aliphatic rings. The number of nitrogens with zero attached hydrogens (tertiary/aromatic N) is 1. The third kappa shape index (κ3) is 6.76. The fourth-order valence-electron chi connectivity index (χ4n) is 1.93. The van der Waals surface area contributed by atoms with Crippen LogP contribution < -0.4 is 5.32 Å². The van der Waals surface area contributed by atoms with E-state index >= 15 is 0 Å². The number of nitrogens with one attached hydrogen (secondary N) is 1. The highest BCUT2D eigenvalue weighted by Crippen LogP contribution is 2.07. The average molecular weight is 310 g/mol. The predicted octanol–water partition coefficient (Wildman–Crippen LogP) is 1.92. The summed E-state index contributed by atoms with van der Waals surface area (Å²) in [6.45, 7) is 6.25. The summed E-state index contributed by atoms with van der Waals surface area (Å²) in [6.07, 6.45) is 3.91. The van der Waals surface area contributed by atoms with E-state index in [0.717, 1.165) is 6.42 Å². The molecule has 0 bridgehead atoms. The lowest BCUT2D eigenvalue weighted by molar-refractivity contribution is -0.121. The monoisotopic (exact) mass is 310 g/mol. The quantitative estimate of drug-likeness (QED) is 0.670. The van der Waals surface area contributed by atoms with Gasteiger partial charge in [0.05, 0.1) is 11.8 Å². The molecule has 1 heterocycles. The second-order valence-electron chi connectivity index (χ2n) is 5.60. The van der Waals surface area contributed by atoms with Crippen LogP contribution in [0.2, 0.25) is 0 Å². The number of methoxy groups -OCH3 is 1. The molecule has 0 aliphatic heterocycles. The maximum absolute atomic E-state index is 12.4. The van der Waals surface area contributed by atoms with Gasteiger partial charge in [0.1, 0.15) is 6.26 Å². The molecule has 6 heteroatoms. The summed E-state index contributed by atoms with van der Waals surface area (Å²) >= 11 is 0. The number of furan rings is 1. The largest absolute Gasteiger partial charge is 0.472 e. The number of rotatable bonds is 10. The molecule has 0 fully saturated rings. The van der Waals surface area contributed by atoms with Crippen molar-refractivity contribution in [3.63, 3.8) is 0 Å². The molecule has 1 rings (SSSR count). The van der Waals surface area contributed by atoms with Crippen LogP contribution in [0.15, 0.2) is 23.0 Å². The fourth-order valence-corrected chi connectivity index (χ4v) is 1.93. The van der Waals surface area contributed by atoms with Crippen molar-refractivity contribution in [2.45, 2.75) is 26.7 Å². The van der Waals surface area contributed by atoms with Crippen LogP contribution in [0.1, 0.15) is 37.0 Å². The summed E-state index contributed by atoms with van der Waals surface area (Å²) in [6, 6.07) is 1.63. The summed E-state index contributed by atoms with van der Waals surface area (Å²) in [5, 5.41) is 2.86. The average Bonchev–Trinajstić information content (AvgIpc) is 3.02. The number of carbonyl (C=O) groups excluding carboxylic acids is 2.